The fourth-order valence-electron chi connectivity index (χ4n) is 5.70. The lowest BCUT2D eigenvalue weighted by Gasteiger charge is -2.49. The number of hydrogen-bond donors (Lipinski definition) is 2. The normalized spacial score (nSPS) is 30.2. The minimum Gasteiger partial charge on any atom is -0.396 e. The number of amides is 1. The number of nitrogens with one attached hydrogen (secondary N) is 1. The van der Waals surface area contributed by atoms with E-state index in [-0.39, 0.29) is 18.4 Å². The Balaban J connectivity index is 1.48. The highest BCUT2D eigenvalue weighted by atomic mass is 16.3. The van der Waals surface area contributed by atoms with E-state index < -0.39 is 5.54 Å². The topological polar surface area (TPSA) is 55.8 Å². The SMILES string of the molecule is O=C1NCN(c2ccccc2)C12CCN(CC1CCCCCCC1)CC2CO. The van der Waals surface area contributed by atoms with Crippen molar-refractivity contribution in [1.82, 2.24) is 10.2 Å². The van der Waals surface area contributed by atoms with E-state index in [2.05, 4.69) is 27.2 Å². The molecule has 154 valence electrons. The third-order valence-corrected chi connectivity index (χ3v) is 7.27. The summed E-state index contributed by atoms with van der Waals surface area (Å²) in [4.78, 5) is 17.7. The summed E-state index contributed by atoms with van der Waals surface area (Å²) in [6.07, 6.45) is 10.3. The van der Waals surface area contributed by atoms with Crippen LogP contribution in [0.15, 0.2) is 30.3 Å². The lowest BCUT2D eigenvalue weighted by Crippen LogP contribution is -2.63. The van der Waals surface area contributed by atoms with E-state index in [9.17, 15) is 9.90 Å². The molecule has 0 aromatic heterocycles. The molecule has 2 N–H and O–H groups in total. The lowest BCUT2D eigenvalue weighted by atomic mass is 9.76. The maximum atomic E-state index is 13.0. The Labute approximate surface area is 169 Å². The molecule has 1 amide bonds. The van der Waals surface area contributed by atoms with Crippen LogP contribution in [0.2, 0.25) is 0 Å². The minimum atomic E-state index is -0.618. The van der Waals surface area contributed by atoms with Crippen molar-refractivity contribution in [2.75, 3.05) is 37.8 Å². The van der Waals surface area contributed by atoms with Gasteiger partial charge in [0.1, 0.15) is 5.54 Å². The molecule has 28 heavy (non-hydrogen) atoms. The molecule has 2 heterocycles. The van der Waals surface area contributed by atoms with Crippen LogP contribution < -0.4 is 10.2 Å². The van der Waals surface area contributed by atoms with Crippen molar-refractivity contribution in [3.63, 3.8) is 0 Å². The predicted molar refractivity (Wildman–Crippen MR) is 112 cm³/mol. The summed E-state index contributed by atoms with van der Waals surface area (Å²) in [7, 11) is 0. The van der Waals surface area contributed by atoms with E-state index in [0.717, 1.165) is 37.7 Å². The first-order valence-electron chi connectivity index (χ1n) is 11.2. The van der Waals surface area contributed by atoms with Crippen LogP contribution in [0.4, 0.5) is 5.69 Å². The summed E-state index contributed by atoms with van der Waals surface area (Å²) in [6.45, 7) is 3.45. The van der Waals surface area contributed by atoms with Gasteiger partial charge in [0.2, 0.25) is 5.91 Å². The number of carbonyl (C=O) groups is 1. The molecule has 1 spiro atoms. The number of hydrogen-bond acceptors (Lipinski definition) is 4. The zero-order valence-corrected chi connectivity index (χ0v) is 17.0. The second-order valence-electron chi connectivity index (χ2n) is 8.95. The van der Waals surface area contributed by atoms with Crippen molar-refractivity contribution < 1.29 is 9.90 Å². The summed E-state index contributed by atoms with van der Waals surface area (Å²) in [5, 5.41) is 13.3. The van der Waals surface area contributed by atoms with Gasteiger partial charge in [0.15, 0.2) is 0 Å². The summed E-state index contributed by atoms with van der Waals surface area (Å²) >= 11 is 0. The van der Waals surface area contributed by atoms with Crippen LogP contribution in [-0.2, 0) is 4.79 Å². The Kier molecular flexibility index (Phi) is 6.22. The molecule has 2 atom stereocenters. The molecule has 3 aliphatic rings. The summed E-state index contributed by atoms with van der Waals surface area (Å²) in [5.41, 5.74) is 0.445. The molecule has 3 fully saturated rings. The molecule has 0 radical (unpaired) electrons. The quantitative estimate of drug-likeness (QED) is 0.837. The standard InChI is InChI=1S/C23H35N3O2/c27-17-20-16-25(15-19-9-5-2-1-3-6-10-19)14-13-23(20)22(28)24-18-26(23)21-11-7-4-8-12-21/h4,7-8,11-12,19-20,27H,1-3,5-6,9-10,13-18H2,(H,24,28). The number of benzene rings is 1. The van der Waals surface area contributed by atoms with Gasteiger partial charge < -0.3 is 20.2 Å². The summed E-state index contributed by atoms with van der Waals surface area (Å²) < 4.78 is 0. The first-order chi connectivity index (χ1) is 13.7. The van der Waals surface area contributed by atoms with E-state index in [0.29, 0.717) is 6.67 Å². The van der Waals surface area contributed by atoms with Crippen LogP contribution in [0.25, 0.3) is 0 Å². The number of nitrogens with zero attached hydrogens (tertiary/aromatic N) is 2. The van der Waals surface area contributed by atoms with Crippen molar-refractivity contribution >= 4 is 11.6 Å². The second-order valence-corrected chi connectivity index (χ2v) is 8.95. The molecule has 2 saturated heterocycles. The first-order valence-corrected chi connectivity index (χ1v) is 11.2. The van der Waals surface area contributed by atoms with Crippen molar-refractivity contribution in [2.24, 2.45) is 11.8 Å². The molecule has 5 nitrogen and oxygen atoms in total. The van der Waals surface area contributed by atoms with E-state index >= 15 is 0 Å². The van der Waals surface area contributed by atoms with Crippen molar-refractivity contribution in [1.29, 1.82) is 0 Å². The number of aliphatic hydroxyl groups is 1. The molecule has 1 aromatic rings. The molecule has 2 unspecified atom stereocenters. The van der Waals surface area contributed by atoms with Crippen LogP contribution in [0.3, 0.4) is 0 Å². The molecule has 1 aromatic carbocycles. The van der Waals surface area contributed by atoms with Gasteiger partial charge in [-0.2, -0.15) is 0 Å². The Morgan fingerprint density at radius 2 is 1.79 bits per heavy atom. The Bertz CT molecular complexity index is 645. The molecular weight excluding hydrogens is 350 g/mol. The van der Waals surface area contributed by atoms with Crippen LogP contribution in [-0.4, -0.2) is 54.4 Å². The van der Waals surface area contributed by atoms with Crippen LogP contribution in [0.5, 0.6) is 0 Å². The average molecular weight is 386 g/mol. The second kappa shape index (κ2) is 8.83. The molecule has 0 bridgehead atoms. The monoisotopic (exact) mass is 385 g/mol. The highest BCUT2D eigenvalue weighted by molar-refractivity contribution is 5.94. The van der Waals surface area contributed by atoms with Gasteiger partial charge in [0.25, 0.3) is 0 Å². The minimum absolute atomic E-state index is 0.0535. The van der Waals surface area contributed by atoms with Crippen molar-refractivity contribution in [3.8, 4) is 0 Å². The fourth-order valence-corrected chi connectivity index (χ4v) is 5.70. The number of para-hydroxylation sites is 1. The smallest absolute Gasteiger partial charge is 0.247 e. The van der Waals surface area contributed by atoms with E-state index in [4.69, 9.17) is 0 Å². The Morgan fingerprint density at radius 3 is 2.50 bits per heavy atom. The first kappa shape index (κ1) is 19.7. The third-order valence-electron chi connectivity index (χ3n) is 7.27. The van der Waals surface area contributed by atoms with Crippen LogP contribution in [0, 0.1) is 11.8 Å². The van der Waals surface area contributed by atoms with Gasteiger partial charge >= 0.3 is 0 Å². The largest absolute Gasteiger partial charge is 0.396 e. The van der Waals surface area contributed by atoms with Gasteiger partial charge in [-0.25, -0.2) is 0 Å². The lowest BCUT2D eigenvalue weighted by molar-refractivity contribution is -0.128. The van der Waals surface area contributed by atoms with Gasteiger partial charge in [0.05, 0.1) is 6.67 Å². The zero-order chi connectivity index (χ0) is 19.4. The maximum Gasteiger partial charge on any atom is 0.247 e. The molecule has 2 aliphatic heterocycles. The summed E-state index contributed by atoms with van der Waals surface area (Å²) in [5.74, 6) is 0.801. The fraction of sp³-hybridized carbons (Fsp3) is 0.696. The van der Waals surface area contributed by atoms with Gasteiger partial charge in [-0.05, 0) is 37.3 Å². The number of piperidine rings is 1. The molecule has 1 saturated carbocycles. The van der Waals surface area contributed by atoms with Gasteiger partial charge in [-0.15, -0.1) is 0 Å². The highest BCUT2D eigenvalue weighted by Gasteiger charge is 2.56. The Morgan fingerprint density at radius 1 is 1.07 bits per heavy atom. The zero-order valence-electron chi connectivity index (χ0n) is 17.0. The van der Waals surface area contributed by atoms with Crippen LogP contribution >= 0.6 is 0 Å². The number of anilines is 1. The molecule has 4 rings (SSSR count). The van der Waals surface area contributed by atoms with E-state index in [1.165, 1.54) is 44.9 Å². The van der Waals surface area contributed by atoms with E-state index in [1.54, 1.807) is 0 Å². The van der Waals surface area contributed by atoms with Gasteiger partial charge in [-0.3, -0.25) is 4.79 Å². The number of rotatable bonds is 4. The number of aliphatic hydroxyl groups excluding tert-OH is 1. The Hall–Kier alpha value is -1.59. The molecule has 5 heteroatoms. The van der Waals surface area contributed by atoms with Gasteiger partial charge in [0, 0.05) is 37.8 Å². The van der Waals surface area contributed by atoms with Crippen molar-refractivity contribution in [3.05, 3.63) is 30.3 Å². The molecule has 1 aliphatic carbocycles. The predicted octanol–water partition coefficient (Wildman–Crippen LogP) is 2.99. The van der Waals surface area contributed by atoms with Gasteiger partial charge in [-0.1, -0.05) is 50.3 Å². The average Bonchev–Trinajstić information content (AvgIpc) is 3.03. The number of carbonyl (C=O) groups excluding carboxylic acids is 1. The highest BCUT2D eigenvalue weighted by Crippen LogP contribution is 2.40. The molecular formula is C23H35N3O2. The summed E-state index contributed by atoms with van der Waals surface area (Å²) in [6, 6.07) is 10.2. The maximum absolute atomic E-state index is 13.0. The van der Waals surface area contributed by atoms with E-state index in [1.807, 2.05) is 18.2 Å². The van der Waals surface area contributed by atoms with Crippen LogP contribution in [0.1, 0.15) is 51.4 Å². The third kappa shape index (κ3) is 3.79. The van der Waals surface area contributed by atoms with Crippen molar-refractivity contribution in [2.45, 2.75) is 56.9 Å². The number of likely N-dealkylation sites (tertiary alicyclic amines) is 1.